The third kappa shape index (κ3) is 9.89. The zero-order valence-electron chi connectivity index (χ0n) is 22.0. The van der Waals surface area contributed by atoms with Crippen LogP contribution in [0.25, 0.3) is 0 Å². The number of nitrogens with zero attached hydrogens (tertiary/aromatic N) is 1. The summed E-state index contributed by atoms with van der Waals surface area (Å²) in [5.74, 6) is -0.883. The van der Waals surface area contributed by atoms with Crippen molar-refractivity contribution in [2.24, 2.45) is 11.8 Å². The minimum atomic E-state index is -3.27. The van der Waals surface area contributed by atoms with Crippen molar-refractivity contribution < 1.29 is 22.8 Å². The second-order valence-corrected chi connectivity index (χ2v) is 12.0. The molecule has 3 amide bonds. The fourth-order valence-corrected chi connectivity index (χ4v) is 4.93. The van der Waals surface area contributed by atoms with Crippen LogP contribution in [0, 0.1) is 11.8 Å². The SMILES string of the molecule is CCCCc1ccc(C(=O)N[C@@H](CNC(=O)C2CCN(S(C)(=O)=O)CC2)C(=O)NCCC(C)C)cc1. The Morgan fingerprint density at radius 3 is 2.25 bits per heavy atom. The Labute approximate surface area is 215 Å². The molecule has 1 heterocycles. The molecular weight excluding hydrogens is 480 g/mol. The van der Waals surface area contributed by atoms with Gasteiger partial charge in [-0.1, -0.05) is 39.3 Å². The summed E-state index contributed by atoms with van der Waals surface area (Å²) in [6, 6.07) is 6.43. The Balaban J connectivity index is 1.99. The molecular formula is C26H42N4O5S. The molecule has 1 fully saturated rings. The highest BCUT2D eigenvalue weighted by molar-refractivity contribution is 7.88. The lowest BCUT2D eigenvalue weighted by atomic mass is 9.97. The van der Waals surface area contributed by atoms with E-state index in [9.17, 15) is 22.8 Å². The summed E-state index contributed by atoms with van der Waals surface area (Å²) >= 11 is 0. The average molecular weight is 523 g/mol. The first kappa shape index (κ1) is 29.8. The molecule has 36 heavy (non-hydrogen) atoms. The van der Waals surface area contributed by atoms with Crippen molar-refractivity contribution in [3.05, 3.63) is 35.4 Å². The molecule has 1 atom stereocenters. The number of nitrogens with one attached hydrogen (secondary N) is 3. The first-order chi connectivity index (χ1) is 17.0. The van der Waals surface area contributed by atoms with Crippen molar-refractivity contribution in [1.82, 2.24) is 20.3 Å². The maximum atomic E-state index is 12.9. The molecule has 1 saturated heterocycles. The van der Waals surface area contributed by atoms with E-state index >= 15 is 0 Å². The van der Waals surface area contributed by atoms with Crippen molar-refractivity contribution in [3.63, 3.8) is 0 Å². The van der Waals surface area contributed by atoms with Gasteiger partial charge in [-0.05, 0) is 55.7 Å². The number of amides is 3. The van der Waals surface area contributed by atoms with E-state index in [2.05, 4.69) is 36.7 Å². The first-order valence-electron chi connectivity index (χ1n) is 12.9. The van der Waals surface area contributed by atoms with Gasteiger partial charge in [0.1, 0.15) is 6.04 Å². The molecule has 1 aliphatic heterocycles. The summed E-state index contributed by atoms with van der Waals surface area (Å²) in [5, 5.41) is 8.41. The third-order valence-electron chi connectivity index (χ3n) is 6.45. The smallest absolute Gasteiger partial charge is 0.251 e. The van der Waals surface area contributed by atoms with Crippen LogP contribution in [0.5, 0.6) is 0 Å². The van der Waals surface area contributed by atoms with Gasteiger partial charge in [0.25, 0.3) is 5.91 Å². The number of rotatable bonds is 13. The fraction of sp³-hybridized carbons (Fsp3) is 0.654. The van der Waals surface area contributed by atoms with Gasteiger partial charge in [-0.2, -0.15) is 0 Å². The van der Waals surface area contributed by atoms with Crippen molar-refractivity contribution in [3.8, 4) is 0 Å². The maximum Gasteiger partial charge on any atom is 0.251 e. The highest BCUT2D eigenvalue weighted by atomic mass is 32.2. The highest BCUT2D eigenvalue weighted by Crippen LogP contribution is 2.19. The fourth-order valence-electron chi connectivity index (χ4n) is 4.06. The topological polar surface area (TPSA) is 125 Å². The Morgan fingerprint density at radius 1 is 1.06 bits per heavy atom. The normalized spacial score (nSPS) is 15.9. The van der Waals surface area contributed by atoms with Crippen molar-refractivity contribution in [2.45, 2.75) is 65.3 Å². The Morgan fingerprint density at radius 2 is 1.69 bits per heavy atom. The average Bonchev–Trinajstić information content (AvgIpc) is 2.84. The predicted molar refractivity (Wildman–Crippen MR) is 141 cm³/mol. The molecule has 10 heteroatoms. The molecule has 0 radical (unpaired) electrons. The highest BCUT2D eigenvalue weighted by Gasteiger charge is 2.30. The van der Waals surface area contributed by atoms with E-state index in [-0.39, 0.29) is 30.2 Å². The molecule has 202 valence electrons. The van der Waals surface area contributed by atoms with Gasteiger partial charge in [0, 0.05) is 37.7 Å². The van der Waals surface area contributed by atoms with Gasteiger partial charge in [-0.3, -0.25) is 14.4 Å². The summed E-state index contributed by atoms with van der Waals surface area (Å²) in [6.07, 6.45) is 5.93. The van der Waals surface area contributed by atoms with E-state index in [1.54, 1.807) is 12.1 Å². The quantitative estimate of drug-likeness (QED) is 0.366. The monoisotopic (exact) mass is 522 g/mol. The minimum Gasteiger partial charge on any atom is -0.354 e. The minimum absolute atomic E-state index is 0.0427. The summed E-state index contributed by atoms with van der Waals surface area (Å²) < 4.78 is 24.8. The molecule has 1 aliphatic rings. The number of aryl methyl sites for hydroxylation is 1. The number of benzene rings is 1. The third-order valence-corrected chi connectivity index (χ3v) is 7.76. The molecule has 0 spiro atoms. The van der Waals surface area contributed by atoms with Gasteiger partial charge in [0.15, 0.2) is 0 Å². The second-order valence-electron chi connectivity index (χ2n) is 9.98. The summed E-state index contributed by atoms with van der Waals surface area (Å²) in [5.41, 5.74) is 1.61. The molecule has 0 aromatic heterocycles. The van der Waals surface area contributed by atoms with Crippen LogP contribution >= 0.6 is 0 Å². The van der Waals surface area contributed by atoms with Gasteiger partial charge in [0.05, 0.1) is 6.26 Å². The maximum absolute atomic E-state index is 12.9. The van der Waals surface area contributed by atoms with Gasteiger partial charge in [0.2, 0.25) is 21.8 Å². The van der Waals surface area contributed by atoms with Crippen LogP contribution in [-0.4, -0.2) is 68.9 Å². The number of hydrogen-bond donors (Lipinski definition) is 3. The summed E-state index contributed by atoms with van der Waals surface area (Å²) in [6.45, 7) is 7.27. The zero-order chi connectivity index (χ0) is 26.7. The molecule has 0 unspecified atom stereocenters. The Bertz CT molecular complexity index is 971. The van der Waals surface area contributed by atoms with Crippen LogP contribution < -0.4 is 16.0 Å². The molecule has 0 bridgehead atoms. The van der Waals surface area contributed by atoms with Gasteiger partial charge < -0.3 is 16.0 Å². The molecule has 1 aromatic rings. The Hall–Kier alpha value is -2.46. The van der Waals surface area contributed by atoms with Crippen LogP contribution in [0.2, 0.25) is 0 Å². The van der Waals surface area contributed by atoms with Crippen LogP contribution in [0.4, 0.5) is 0 Å². The van der Waals surface area contributed by atoms with E-state index in [1.807, 2.05) is 12.1 Å². The van der Waals surface area contributed by atoms with E-state index < -0.39 is 16.1 Å². The summed E-state index contributed by atoms with van der Waals surface area (Å²) in [4.78, 5) is 38.5. The predicted octanol–water partition coefficient (Wildman–Crippen LogP) is 2.08. The second kappa shape index (κ2) is 14.3. The molecule has 0 aliphatic carbocycles. The number of hydrogen-bond acceptors (Lipinski definition) is 5. The molecule has 1 aromatic carbocycles. The zero-order valence-corrected chi connectivity index (χ0v) is 22.8. The van der Waals surface area contributed by atoms with Crippen LogP contribution in [0.3, 0.4) is 0 Å². The van der Waals surface area contributed by atoms with Crippen LogP contribution in [0.15, 0.2) is 24.3 Å². The van der Waals surface area contributed by atoms with Crippen LogP contribution in [-0.2, 0) is 26.0 Å². The van der Waals surface area contributed by atoms with Crippen LogP contribution in [0.1, 0.15) is 68.8 Å². The first-order valence-corrected chi connectivity index (χ1v) is 14.8. The van der Waals surface area contributed by atoms with E-state index in [1.165, 1.54) is 4.31 Å². The summed E-state index contributed by atoms with van der Waals surface area (Å²) in [7, 11) is -3.27. The lowest BCUT2D eigenvalue weighted by Crippen LogP contribution is -2.53. The van der Waals surface area contributed by atoms with Gasteiger partial charge in [-0.25, -0.2) is 12.7 Å². The lowest BCUT2D eigenvalue weighted by molar-refractivity contribution is -0.126. The van der Waals surface area contributed by atoms with E-state index in [0.29, 0.717) is 44.0 Å². The number of sulfonamides is 1. The number of piperidine rings is 1. The van der Waals surface area contributed by atoms with Gasteiger partial charge >= 0.3 is 0 Å². The molecule has 9 nitrogen and oxygen atoms in total. The van der Waals surface area contributed by atoms with E-state index in [4.69, 9.17) is 0 Å². The molecule has 2 rings (SSSR count). The lowest BCUT2D eigenvalue weighted by Gasteiger charge is -2.29. The standard InChI is InChI=1S/C26H42N4O5S/c1-5-6-7-20-8-10-21(11-9-20)25(32)29-23(26(33)27-15-12-19(2)3)18-28-24(31)22-13-16-30(17-14-22)36(4,34)35/h8-11,19,22-23H,5-7,12-18H2,1-4H3,(H,27,33)(H,28,31)(H,29,32)/t23-/m0/s1. The van der Waals surface area contributed by atoms with Crippen molar-refractivity contribution in [1.29, 1.82) is 0 Å². The number of carbonyl (C=O) groups excluding carboxylic acids is 3. The Kier molecular flexibility index (Phi) is 11.8. The van der Waals surface area contributed by atoms with E-state index in [0.717, 1.165) is 37.5 Å². The van der Waals surface area contributed by atoms with Crippen molar-refractivity contribution in [2.75, 3.05) is 32.4 Å². The largest absolute Gasteiger partial charge is 0.354 e. The van der Waals surface area contributed by atoms with Gasteiger partial charge in [-0.15, -0.1) is 0 Å². The number of unbranched alkanes of at least 4 members (excludes halogenated alkanes) is 1. The van der Waals surface area contributed by atoms with Crippen molar-refractivity contribution >= 4 is 27.7 Å². The molecule has 3 N–H and O–H groups in total. The number of carbonyl (C=O) groups is 3. The molecule has 0 saturated carbocycles.